The van der Waals surface area contributed by atoms with Crippen LogP contribution in [-0.2, 0) is 11.3 Å². The van der Waals surface area contributed by atoms with Gasteiger partial charge in [0.2, 0.25) is 5.91 Å². The fourth-order valence-electron chi connectivity index (χ4n) is 4.13. The molecule has 0 unspecified atom stereocenters. The first-order valence-corrected chi connectivity index (χ1v) is 8.78. The Balaban J connectivity index is 1.65. The maximum absolute atomic E-state index is 13.1. The number of halogens is 1. The van der Waals surface area contributed by atoms with E-state index in [9.17, 15) is 9.18 Å². The molecular weight excluding hydrogens is 291 g/mol. The summed E-state index contributed by atoms with van der Waals surface area (Å²) in [6.07, 6.45) is 4.57. The number of likely N-dealkylation sites (tertiary alicyclic amines) is 2. The number of hydrogen-bond donors (Lipinski definition) is 0. The van der Waals surface area contributed by atoms with E-state index in [0.717, 1.165) is 39.0 Å². The highest BCUT2D eigenvalue weighted by Crippen LogP contribution is 2.39. The Hall–Kier alpha value is -1.42. The SMILES string of the molecule is CC(C)C(=O)N1CCC2(CCCN2Cc2ccc(F)cc2)CC1. The molecule has 1 aromatic rings. The Labute approximate surface area is 138 Å². The average Bonchev–Trinajstić information content (AvgIpc) is 2.92. The quantitative estimate of drug-likeness (QED) is 0.852. The van der Waals surface area contributed by atoms with Crippen LogP contribution in [0.5, 0.6) is 0 Å². The second kappa shape index (κ2) is 6.60. The molecule has 3 nitrogen and oxygen atoms in total. The first-order chi connectivity index (χ1) is 11.0. The van der Waals surface area contributed by atoms with E-state index < -0.39 is 0 Å². The van der Waals surface area contributed by atoms with Crippen molar-refractivity contribution in [3.8, 4) is 0 Å². The second-order valence-electron chi connectivity index (χ2n) is 7.36. The Morgan fingerprint density at radius 1 is 1.13 bits per heavy atom. The number of rotatable bonds is 3. The molecule has 0 aliphatic carbocycles. The summed E-state index contributed by atoms with van der Waals surface area (Å²) < 4.78 is 13.1. The predicted octanol–water partition coefficient (Wildman–Crippen LogP) is 3.44. The van der Waals surface area contributed by atoms with Crippen molar-refractivity contribution >= 4 is 5.91 Å². The minimum absolute atomic E-state index is 0.0861. The van der Waals surface area contributed by atoms with Crippen LogP contribution in [0, 0.1) is 11.7 Å². The van der Waals surface area contributed by atoms with Gasteiger partial charge in [-0.2, -0.15) is 0 Å². The molecule has 2 saturated heterocycles. The van der Waals surface area contributed by atoms with Crippen molar-refractivity contribution in [2.75, 3.05) is 19.6 Å². The highest BCUT2D eigenvalue weighted by molar-refractivity contribution is 5.78. The number of piperidine rings is 1. The third-order valence-electron chi connectivity index (χ3n) is 5.53. The lowest BCUT2D eigenvalue weighted by Crippen LogP contribution is -2.53. The molecule has 0 aromatic heterocycles. The molecule has 2 fully saturated rings. The fraction of sp³-hybridized carbons (Fsp3) is 0.632. The zero-order chi connectivity index (χ0) is 16.4. The van der Waals surface area contributed by atoms with Crippen molar-refractivity contribution in [2.24, 2.45) is 5.92 Å². The molecule has 0 saturated carbocycles. The maximum atomic E-state index is 13.1. The van der Waals surface area contributed by atoms with Crippen LogP contribution >= 0.6 is 0 Å². The molecule has 0 bridgehead atoms. The highest BCUT2D eigenvalue weighted by atomic mass is 19.1. The number of carbonyl (C=O) groups excluding carboxylic acids is 1. The third kappa shape index (κ3) is 3.42. The van der Waals surface area contributed by atoms with E-state index in [1.807, 2.05) is 30.9 Å². The molecular formula is C19H27FN2O. The van der Waals surface area contributed by atoms with Gasteiger partial charge in [-0.1, -0.05) is 26.0 Å². The molecule has 2 heterocycles. The van der Waals surface area contributed by atoms with Gasteiger partial charge in [0.25, 0.3) is 0 Å². The van der Waals surface area contributed by atoms with Crippen molar-refractivity contribution in [2.45, 2.75) is 51.6 Å². The number of nitrogens with zero attached hydrogens (tertiary/aromatic N) is 2. The molecule has 2 aliphatic heterocycles. The number of benzene rings is 1. The van der Waals surface area contributed by atoms with Gasteiger partial charge in [-0.05, 0) is 49.9 Å². The van der Waals surface area contributed by atoms with Crippen LogP contribution in [-0.4, -0.2) is 40.9 Å². The zero-order valence-electron chi connectivity index (χ0n) is 14.2. The zero-order valence-corrected chi connectivity index (χ0v) is 14.2. The lowest BCUT2D eigenvalue weighted by Gasteiger charge is -2.45. The molecule has 126 valence electrons. The van der Waals surface area contributed by atoms with E-state index in [2.05, 4.69) is 4.90 Å². The average molecular weight is 318 g/mol. The molecule has 0 radical (unpaired) electrons. The monoisotopic (exact) mass is 318 g/mol. The standard InChI is InChI=1S/C19H27FN2O/c1-15(2)18(23)21-12-9-19(10-13-21)8-3-11-22(19)14-16-4-6-17(20)7-5-16/h4-7,15H,3,8-14H2,1-2H3. The Morgan fingerprint density at radius 3 is 2.39 bits per heavy atom. The summed E-state index contributed by atoms with van der Waals surface area (Å²) >= 11 is 0. The minimum Gasteiger partial charge on any atom is -0.342 e. The van der Waals surface area contributed by atoms with Crippen LogP contribution in [0.3, 0.4) is 0 Å². The normalized spacial score (nSPS) is 21.3. The summed E-state index contributed by atoms with van der Waals surface area (Å²) in [4.78, 5) is 16.8. The van der Waals surface area contributed by atoms with Gasteiger partial charge in [-0.3, -0.25) is 9.69 Å². The molecule has 0 atom stereocenters. The molecule has 3 rings (SSSR count). The number of carbonyl (C=O) groups is 1. The second-order valence-corrected chi connectivity index (χ2v) is 7.36. The summed E-state index contributed by atoms with van der Waals surface area (Å²) in [5.74, 6) is 0.191. The summed E-state index contributed by atoms with van der Waals surface area (Å²) in [5.41, 5.74) is 1.41. The maximum Gasteiger partial charge on any atom is 0.225 e. The van der Waals surface area contributed by atoms with E-state index in [1.165, 1.54) is 18.4 Å². The molecule has 2 aliphatic rings. The van der Waals surface area contributed by atoms with Gasteiger partial charge in [0, 0.05) is 31.1 Å². The molecule has 1 amide bonds. The van der Waals surface area contributed by atoms with Gasteiger partial charge < -0.3 is 4.90 Å². The van der Waals surface area contributed by atoms with Gasteiger partial charge in [-0.15, -0.1) is 0 Å². The Kier molecular flexibility index (Phi) is 4.72. The summed E-state index contributed by atoms with van der Waals surface area (Å²) in [6.45, 7) is 7.69. The first-order valence-electron chi connectivity index (χ1n) is 8.78. The van der Waals surface area contributed by atoms with Gasteiger partial charge in [-0.25, -0.2) is 4.39 Å². The first kappa shape index (κ1) is 16.4. The van der Waals surface area contributed by atoms with Crippen molar-refractivity contribution in [1.82, 2.24) is 9.80 Å². The van der Waals surface area contributed by atoms with Crippen LogP contribution in [0.2, 0.25) is 0 Å². The summed E-state index contributed by atoms with van der Waals surface area (Å²) in [7, 11) is 0. The summed E-state index contributed by atoms with van der Waals surface area (Å²) in [6, 6.07) is 6.86. The van der Waals surface area contributed by atoms with Crippen LogP contribution in [0.1, 0.15) is 45.1 Å². The van der Waals surface area contributed by atoms with Crippen LogP contribution < -0.4 is 0 Å². The van der Waals surface area contributed by atoms with Crippen molar-refractivity contribution in [3.05, 3.63) is 35.6 Å². The van der Waals surface area contributed by atoms with Crippen molar-refractivity contribution in [1.29, 1.82) is 0 Å². The third-order valence-corrected chi connectivity index (χ3v) is 5.53. The number of hydrogen-bond acceptors (Lipinski definition) is 2. The van der Waals surface area contributed by atoms with E-state index in [4.69, 9.17) is 0 Å². The van der Waals surface area contributed by atoms with Gasteiger partial charge in [0.15, 0.2) is 0 Å². The van der Waals surface area contributed by atoms with E-state index in [-0.39, 0.29) is 23.2 Å². The van der Waals surface area contributed by atoms with Crippen LogP contribution in [0.25, 0.3) is 0 Å². The van der Waals surface area contributed by atoms with Gasteiger partial charge in [0.1, 0.15) is 5.82 Å². The molecule has 1 aromatic carbocycles. The lowest BCUT2D eigenvalue weighted by atomic mass is 9.84. The lowest BCUT2D eigenvalue weighted by molar-refractivity contribution is -0.137. The largest absolute Gasteiger partial charge is 0.342 e. The highest BCUT2D eigenvalue weighted by Gasteiger charge is 2.43. The Morgan fingerprint density at radius 2 is 1.78 bits per heavy atom. The summed E-state index contributed by atoms with van der Waals surface area (Å²) in [5, 5.41) is 0. The van der Waals surface area contributed by atoms with E-state index in [0.29, 0.717) is 0 Å². The molecule has 4 heteroatoms. The predicted molar refractivity (Wildman–Crippen MR) is 89.4 cm³/mol. The topological polar surface area (TPSA) is 23.6 Å². The Bertz CT molecular complexity index is 547. The van der Waals surface area contributed by atoms with Gasteiger partial charge >= 0.3 is 0 Å². The fourth-order valence-corrected chi connectivity index (χ4v) is 4.13. The smallest absolute Gasteiger partial charge is 0.225 e. The van der Waals surface area contributed by atoms with Crippen LogP contribution in [0.4, 0.5) is 4.39 Å². The number of amides is 1. The van der Waals surface area contributed by atoms with E-state index >= 15 is 0 Å². The van der Waals surface area contributed by atoms with E-state index in [1.54, 1.807) is 12.1 Å². The van der Waals surface area contributed by atoms with Crippen molar-refractivity contribution in [3.63, 3.8) is 0 Å². The minimum atomic E-state index is -0.176. The van der Waals surface area contributed by atoms with Crippen LogP contribution in [0.15, 0.2) is 24.3 Å². The molecule has 0 N–H and O–H groups in total. The molecule has 23 heavy (non-hydrogen) atoms. The van der Waals surface area contributed by atoms with Gasteiger partial charge in [0.05, 0.1) is 0 Å². The van der Waals surface area contributed by atoms with Crippen molar-refractivity contribution < 1.29 is 9.18 Å². The molecule has 1 spiro atoms.